The van der Waals surface area contributed by atoms with E-state index in [-0.39, 0.29) is 0 Å². The van der Waals surface area contributed by atoms with Crippen LogP contribution in [0, 0.1) is 0 Å². The molecule has 5 heteroatoms. The molecule has 1 aromatic heterocycles. The van der Waals surface area contributed by atoms with Crippen LogP contribution in [0.5, 0.6) is 0 Å². The molecule has 0 spiro atoms. The minimum atomic E-state index is -0.524. The highest BCUT2D eigenvalue weighted by atomic mass is 16.6. The van der Waals surface area contributed by atoms with E-state index in [9.17, 15) is 9.59 Å². The van der Waals surface area contributed by atoms with Crippen LogP contribution in [0.3, 0.4) is 0 Å². The number of rotatable bonds is 3. The number of carbonyl (C=O) groups excluding carboxylic acids is 2. The van der Waals surface area contributed by atoms with E-state index < -0.39 is 17.5 Å². The summed E-state index contributed by atoms with van der Waals surface area (Å²) in [5.41, 5.74) is 0.388. The Labute approximate surface area is 112 Å². The van der Waals surface area contributed by atoms with Gasteiger partial charge in [0.25, 0.3) is 0 Å². The van der Waals surface area contributed by atoms with Gasteiger partial charge in [0.15, 0.2) is 0 Å². The Morgan fingerprint density at radius 2 is 1.95 bits per heavy atom. The summed E-state index contributed by atoms with van der Waals surface area (Å²) in [6, 6.07) is 3.20. The molecule has 0 aliphatic heterocycles. The quantitative estimate of drug-likeness (QED) is 0.618. The normalized spacial score (nSPS) is 11.4. The number of hydrogen-bond donors (Lipinski definition) is 0. The largest absolute Gasteiger partial charge is 0.465 e. The molecule has 102 valence electrons. The maximum absolute atomic E-state index is 11.4. The van der Waals surface area contributed by atoms with E-state index in [2.05, 4.69) is 9.72 Å². The van der Waals surface area contributed by atoms with Crippen LogP contribution in [-0.2, 0) is 14.3 Å². The molecule has 0 saturated heterocycles. The Hall–Kier alpha value is -2.17. The Balaban J connectivity index is 2.68. The second-order valence-electron chi connectivity index (χ2n) is 4.83. The molecule has 1 aromatic rings. The van der Waals surface area contributed by atoms with Crippen molar-refractivity contribution in [2.45, 2.75) is 26.4 Å². The molecule has 0 atom stereocenters. The molecule has 0 fully saturated rings. The zero-order valence-corrected chi connectivity index (χ0v) is 11.5. The highest BCUT2D eigenvalue weighted by molar-refractivity contribution is 5.89. The molecular formula is C14H17NO4. The Kier molecular flexibility index (Phi) is 4.80. The van der Waals surface area contributed by atoms with Crippen molar-refractivity contribution in [1.29, 1.82) is 0 Å². The van der Waals surface area contributed by atoms with Crippen LogP contribution in [0.25, 0.3) is 6.08 Å². The first-order valence-corrected chi connectivity index (χ1v) is 5.77. The minimum Gasteiger partial charge on any atom is -0.465 e. The van der Waals surface area contributed by atoms with E-state index >= 15 is 0 Å². The topological polar surface area (TPSA) is 65.5 Å². The third kappa shape index (κ3) is 5.33. The van der Waals surface area contributed by atoms with E-state index in [1.165, 1.54) is 25.5 Å². The molecule has 0 amide bonds. The minimum absolute atomic E-state index is 0.358. The van der Waals surface area contributed by atoms with Gasteiger partial charge in [-0.15, -0.1) is 0 Å². The maximum Gasteiger partial charge on any atom is 0.339 e. The van der Waals surface area contributed by atoms with Crippen LogP contribution >= 0.6 is 0 Å². The van der Waals surface area contributed by atoms with Crippen molar-refractivity contribution in [3.63, 3.8) is 0 Å². The average molecular weight is 263 g/mol. The predicted octanol–water partition coefficient (Wildman–Crippen LogP) is 2.22. The van der Waals surface area contributed by atoms with E-state index in [4.69, 9.17) is 4.74 Å². The van der Waals surface area contributed by atoms with Gasteiger partial charge >= 0.3 is 11.9 Å². The van der Waals surface area contributed by atoms with Gasteiger partial charge in [0.1, 0.15) is 5.60 Å². The van der Waals surface area contributed by atoms with Gasteiger partial charge in [0.2, 0.25) is 0 Å². The summed E-state index contributed by atoms with van der Waals surface area (Å²) in [6.45, 7) is 5.38. The van der Waals surface area contributed by atoms with Crippen molar-refractivity contribution in [2.24, 2.45) is 0 Å². The molecule has 0 unspecified atom stereocenters. The molecule has 0 aromatic carbocycles. The average Bonchev–Trinajstić information content (AvgIpc) is 2.34. The van der Waals surface area contributed by atoms with Crippen LogP contribution in [0.15, 0.2) is 24.4 Å². The smallest absolute Gasteiger partial charge is 0.339 e. The first-order chi connectivity index (χ1) is 8.81. The third-order valence-corrected chi connectivity index (χ3v) is 2.00. The van der Waals surface area contributed by atoms with Crippen LogP contribution in [0.4, 0.5) is 0 Å². The van der Waals surface area contributed by atoms with Crippen LogP contribution in [0.2, 0.25) is 0 Å². The first-order valence-electron chi connectivity index (χ1n) is 5.77. The zero-order valence-electron chi connectivity index (χ0n) is 11.5. The summed E-state index contributed by atoms with van der Waals surface area (Å²) in [6.07, 6.45) is 4.21. The van der Waals surface area contributed by atoms with Crippen molar-refractivity contribution in [2.75, 3.05) is 7.11 Å². The lowest BCUT2D eigenvalue weighted by atomic mass is 10.2. The molecular weight excluding hydrogens is 246 g/mol. The predicted molar refractivity (Wildman–Crippen MR) is 70.5 cm³/mol. The van der Waals surface area contributed by atoms with Crippen LogP contribution in [-0.4, -0.2) is 29.6 Å². The molecule has 0 saturated carbocycles. The number of methoxy groups -OCH3 is 1. The standard InChI is InChI=1S/C14H17NO4/c1-14(2,3)19-12(16)8-7-11-6-5-10(9-15-11)13(17)18-4/h5-9H,1-4H3/b8-7+. The fraction of sp³-hybridized carbons (Fsp3) is 0.357. The first kappa shape index (κ1) is 14.9. The van der Waals surface area contributed by atoms with Gasteiger partial charge < -0.3 is 9.47 Å². The summed E-state index contributed by atoms with van der Waals surface area (Å²) < 4.78 is 9.67. The second-order valence-corrected chi connectivity index (χ2v) is 4.83. The van der Waals surface area contributed by atoms with Crippen LogP contribution < -0.4 is 0 Å². The molecule has 0 bridgehead atoms. The number of ether oxygens (including phenoxy) is 2. The summed E-state index contributed by atoms with van der Waals surface area (Å²) in [5, 5.41) is 0. The van der Waals surface area contributed by atoms with Crippen molar-refractivity contribution in [1.82, 2.24) is 4.98 Å². The fourth-order valence-electron chi connectivity index (χ4n) is 1.23. The van der Waals surface area contributed by atoms with Crippen molar-refractivity contribution < 1.29 is 19.1 Å². The zero-order chi connectivity index (χ0) is 14.5. The van der Waals surface area contributed by atoms with Crippen molar-refractivity contribution >= 4 is 18.0 Å². The highest BCUT2D eigenvalue weighted by Gasteiger charge is 2.13. The number of pyridine rings is 1. The lowest BCUT2D eigenvalue weighted by molar-refractivity contribution is -0.148. The van der Waals surface area contributed by atoms with E-state index in [1.807, 2.05) is 0 Å². The van der Waals surface area contributed by atoms with Crippen molar-refractivity contribution in [3.05, 3.63) is 35.7 Å². The summed E-state index contributed by atoms with van der Waals surface area (Å²) >= 11 is 0. The van der Waals surface area contributed by atoms with E-state index in [0.717, 1.165) is 0 Å². The van der Waals surface area contributed by atoms with Gasteiger partial charge in [0.05, 0.1) is 18.4 Å². The number of carbonyl (C=O) groups is 2. The monoisotopic (exact) mass is 263 g/mol. The number of hydrogen-bond acceptors (Lipinski definition) is 5. The molecule has 19 heavy (non-hydrogen) atoms. The number of aromatic nitrogens is 1. The number of nitrogens with zero attached hydrogens (tertiary/aromatic N) is 1. The van der Waals surface area contributed by atoms with Gasteiger partial charge in [0, 0.05) is 12.3 Å². The van der Waals surface area contributed by atoms with E-state index in [1.54, 1.807) is 32.9 Å². The molecule has 0 N–H and O–H groups in total. The van der Waals surface area contributed by atoms with Gasteiger partial charge in [-0.3, -0.25) is 4.98 Å². The molecule has 0 aliphatic rings. The molecule has 1 rings (SSSR count). The molecule has 1 heterocycles. The fourth-order valence-corrected chi connectivity index (χ4v) is 1.23. The second kappa shape index (κ2) is 6.13. The molecule has 5 nitrogen and oxygen atoms in total. The van der Waals surface area contributed by atoms with Crippen molar-refractivity contribution in [3.8, 4) is 0 Å². The van der Waals surface area contributed by atoms with Gasteiger partial charge in [-0.1, -0.05) is 0 Å². The summed E-state index contributed by atoms with van der Waals surface area (Å²) in [5.74, 6) is -0.887. The maximum atomic E-state index is 11.4. The SMILES string of the molecule is COC(=O)c1ccc(/C=C/C(=O)OC(C)(C)C)nc1. The third-order valence-electron chi connectivity index (χ3n) is 2.00. The lowest BCUT2D eigenvalue weighted by Gasteiger charge is -2.17. The Morgan fingerprint density at radius 1 is 1.26 bits per heavy atom. The highest BCUT2D eigenvalue weighted by Crippen LogP contribution is 2.08. The molecule has 0 radical (unpaired) electrons. The van der Waals surface area contributed by atoms with Gasteiger partial charge in [-0.25, -0.2) is 9.59 Å². The molecule has 0 aliphatic carbocycles. The Morgan fingerprint density at radius 3 is 2.42 bits per heavy atom. The number of esters is 2. The van der Waals surface area contributed by atoms with Gasteiger partial charge in [-0.2, -0.15) is 0 Å². The lowest BCUT2D eigenvalue weighted by Crippen LogP contribution is -2.22. The Bertz CT molecular complexity index is 483. The van der Waals surface area contributed by atoms with E-state index in [0.29, 0.717) is 11.3 Å². The van der Waals surface area contributed by atoms with Crippen LogP contribution in [0.1, 0.15) is 36.8 Å². The summed E-state index contributed by atoms with van der Waals surface area (Å²) in [4.78, 5) is 26.7. The van der Waals surface area contributed by atoms with Gasteiger partial charge in [-0.05, 0) is 39.0 Å². The summed E-state index contributed by atoms with van der Waals surface area (Å²) in [7, 11) is 1.30.